The minimum absolute atomic E-state index is 0.0580. The lowest BCUT2D eigenvalue weighted by Crippen LogP contribution is -2.58. The van der Waals surface area contributed by atoms with Crippen LogP contribution in [0.25, 0.3) is 0 Å². The van der Waals surface area contributed by atoms with E-state index >= 15 is 0 Å². The summed E-state index contributed by atoms with van der Waals surface area (Å²) in [6, 6.07) is 1.49. The minimum atomic E-state index is -5.98. The first kappa shape index (κ1) is 35.0. The lowest BCUT2D eigenvalue weighted by Gasteiger charge is -2.38. The molecular formula is C25H41F9O3Si. The zero-order chi connectivity index (χ0) is 30.1. The second-order valence-electron chi connectivity index (χ2n) is 12.5. The predicted octanol–water partition coefficient (Wildman–Crippen LogP) is 8.54. The van der Waals surface area contributed by atoms with Gasteiger partial charge in [-0.2, -0.15) is 39.5 Å². The zero-order valence-corrected chi connectivity index (χ0v) is 24.0. The van der Waals surface area contributed by atoms with Crippen LogP contribution in [-0.2, 0) is 9.53 Å². The summed E-state index contributed by atoms with van der Waals surface area (Å²) in [7, 11) is -0.741. The maximum atomic E-state index is 13.2. The molecule has 2 saturated carbocycles. The molecule has 0 heterocycles. The standard InChI is InChI=1S/C17H21F9O3.C8H20Si/c1-3-13(2,15(18,19)20)12(27)29-11-6-8-4-9(10(11)5-8)7-14(28,16(21,22)23)17(24,25)26;1-6-8(2)7-9(3,4)5/h8-11,28H,3-7H2,1-2H3;8H,6-7H2,1-5H3. The minimum Gasteiger partial charge on any atom is -0.461 e. The summed E-state index contributed by atoms with van der Waals surface area (Å²) in [5.41, 5.74) is -7.77. The van der Waals surface area contributed by atoms with Crippen LogP contribution in [0.4, 0.5) is 39.5 Å². The van der Waals surface area contributed by atoms with Crippen LogP contribution < -0.4 is 0 Å². The molecule has 2 aliphatic carbocycles. The molecule has 2 fully saturated rings. The fraction of sp³-hybridized carbons (Fsp3) is 0.960. The normalized spacial score (nSPS) is 26.9. The summed E-state index contributed by atoms with van der Waals surface area (Å²) < 4.78 is 122. The van der Waals surface area contributed by atoms with E-state index in [1.54, 1.807) is 0 Å². The maximum Gasteiger partial charge on any atom is 0.426 e. The van der Waals surface area contributed by atoms with Crippen molar-refractivity contribution in [2.75, 3.05) is 0 Å². The second kappa shape index (κ2) is 11.9. The molecule has 0 aromatic carbocycles. The molecule has 0 aromatic heterocycles. The second-order valence-corrected chi connectivity index (χ2v) is 18.0. The third kappa shape index (κ3) is 8.03. The number of aliphatic hydroxyl groups is 1. The van der Waals surface area contributed by atoms with Crippen LogP contribution in [0.1, 0.15) is 66.2 Å². The van der Waals surface area contributed by atoms with E-state index in [1.807, 2.05) is 0 Å². The van der Waals surface area contributed by atoms with E-state index in [0.717, 1.165) is 12.8 Å². The largest absolute Gasteiger partial charge is 0.461 e. The number of alkyl halides is 9. The first-order valence-electron chi connectivity index (χ1n) is 13.0. The van der Waals surface area contributed by atoms with Crippen LogP contribution in [-0.4, -0.2) is 49.4 Å². The molecule has 3 nitrogen and oxygen atoms in total. The number of fused-ring (bicyclic) bond motifs is 2. The van der Waals surface area contributed by atoms with E-state index < -0.39 is 74.4 Å². The molecule has 2 bridgehead atoms. The molecule has 0 radical (unpaired) electrons. The van der Waals surface area contributed by atoms with Gasteiger partial charge < -0.3 is 9.84 Å². The van der Waals surface area contributed by atoms with Crippen molar-refractivity contribution in [1.29, 1.82) is 0 Å². The first-order valence-corrected chi connectivity index (χ1v) is 16.7. The van der Waals surface area contributed by atoms with Crippen molar-refractivity contribution in [1.82, 2.24) is 0 Å². The Morgan fingerprint density at radius 2 is 1.42 bits per heavy atom. The van der Waals surface area contributed by atoms with Crippen molar-refractivity contribution >= 4 is 14.0 Å². The van der Waals surface area contributed by atoms with Crippen molar-refractivity contribution in [2.45, 2.75) is 122 Å². The van der Waals surface area contributed by atoms with Crippen molar-refractivity contribution < 1.29 is 54.2 Å². The molecule has 6 atom stereocenters. The summed E-state index contributed by atoms with van der Waals surface area (Å²) in [6.07, 6.45) is -18.9. The lowest BCUT2D eigenvalue weighted by molar-refractivity contribution is -0.373. The van der Waals surface area contributed by atoms with Gasteiger partial charge in [0, 0.05) is 8.07 Å². The number of carbonyl (C=O) groups excluding carboxylic acids is 1. The molecule has 2 rings (SSSR count). The Bertz CT molecular complexity index is 775. The Balaban J connectivity index is 0.000000686. The molecule has 0 spiro atoms. The Kier molecular flexibility index (Phi) is 10.9. The van der Waals surface area contributed by atoms with Gasteiger partial charge in [0.15, 0.2) is 5.41 Å². The highest BCUT2D eigenvalue weighted by Gasteiger charge is 2.71. The summed E-state index contributed by atoms with van der Waals surface area (Å²) in [5.74, 6) is -3.30. The van der Waals surface area contributed by atoms with Gasteiger partial charge in [-0.1, -0.05) is 52.9 Å². The number of esters is 1. The van der Waals surface area contributed by atoms with Crippen molar-refractivity contribution in [2.24, 2.45) is 29.1 Å². The van der Waals surface area contributed by atoms with E-state index in [2.05, 4.69) is 33.5 Å². The summed E-state index contributed by atoms with van der Waals surface area (Å²) in [4.78, 5) is 12.1. The molecule has 226 valence electrons. The van der Waals surface area contributed by atoms with Crippen molar-refractivity contribution in [3.63, 3.8) is 0 Å². The van der Waals surface area contributed by atoms with Gasteiger partial charge in [0.05, 0.1) is 0 Å². The van der Waals surface area contributed by atoms with Gasteiger partial charge >= 0.3 is 24.5 Å². The fourth-order valence-electron chi connectivity index (χ4n) is 5.49. The molecule has 1 N–H and O–H groups in total. The number of ether oxygens (including phenoxy) is 1. The SMILES string of the molecule is CCC(C)(C(=O)OC1CC2CC(CC(O)(C(F)(F)F)C(F)(F)F)C1C2)C(F)(F)F.CCC(C)C[Si](C)(C)C. The average molecular weight is 589 g/mol. The van der Waals surface area contributed by atoms with Gasteiger partial charge in [0.1, 0.15) is 6.10 Å². The molecule has 0 saturated heterocycles. The Morgan fingerprint density at radius 1 is 0.921 bits per heavy atom. The highest BCUT2D eigenvalue weighted by molar-refractivity contribution is 6.76. The Hall–Kier alpha value is -0.983. The zero-order valence-electron chi connectivity index (χ0n) is 23.0. The molecule has 0 aliphatic heterocycles. The number of carbonyl (C=O) groups is 1. The summed E-state index contributed by atoms with van der Waals surface area (Å²) >= 11 is 0. The third-order valence-electron chi connectivity index (χ3n) is 8.09. The smallest absolute Gasteiger partial charge is 0.426 e. The van der Waals surface area contributed by atoms with E-state index in [1.165, 1.54) is 12.5 Å². The summed E-state index contributed by atoms with van der Waals surface area (Å²) in [5, 5.41) is 9.41. The molecular weight excluding hydrogens is 547 g/mol. The highest BCUT2D eigenvalue weighted by Crippen LogP contribution is 2.56. The van der Waals surface area contributed by atoms with Gasteiger partial charge in [-0.3, -0.25) is 4.79 Å². The van der Waals surface area contributed by atoms with Crippen LogP contribution in [0.3, 0.4) is 0 Å². The quantitative estimate of drug-likeness (QED) is 0.176. The number of rotatable bonds is 8. The van der Waals surface area contributed by atoms with Crippen LogP contribution in [0, 0.1) is 29.1 Å². The van der Waals surface area contributed by atoms with E-state index in [0.29, 0.717) is 6.92 Å². The van der Waals surface area contributed by atoms with Crippen LogP contribution >= 0.6 is 0 Å². The molecule has 2 aliphatic rings. The summed E-state index contributed by atoms with van der Waals surface area (Å²) in [6.45, 7) is 13.7. The topological polar surface area (TPSA) is 46.5 Å². The van der Waals surface area contributed by atoms with Crippen LogP contribution in [0.5, 0.6) is 0 Å². The molecule has 0 amide bonds. The molecule has 13 heteroatoms. The highest BCUT2D eigenvalue weighted by atomic mass is 28.3. The van der Waals surface area contributed by atoms with Crippen LogP contribution in [0.2, 0.25) is 25.7 Å². The van der Waals surface area contributed by atoms with Gasteiger partial charge in [0.25, 0.3) is 5.60 Å². The third-order valence-corrected chi connectivity index (χ3v) is 10.0. The molecule has 6 unspecified atom stereocenters. The van der Waals surface area contributed by atoms with Gasteiger partial charge in [-0.25, -0.2) is 0 Å². The fourth-order valence-corrected chi connectivity index (χ4v) is 7.87. The van der Waals surface area contributed by atoms with Gasteiger partial charge in [-0.15, -0.1) is 0 Å². The lowest BCUT2D eigenvalue weighted by atomic mass is 9.78. The Labute approximate surface area is 219 Å². The predicted molar refractivity (Wildman–Crippen MR) is 128 cm³/mol. The molecule has 0 aromatic rings. The number of hydrogen-bond acceptors (Lipinski definition) is 3. The van der Waals surface area contributed by atoms with Crippen molar-refractivity contribution in [3.05, 3.63) is 0 Å². The first-order chi connectivity index (χ1) is 16.8. The van der Waals surface area contributed by atoms with Crippen LogP contribution in [0.15, 0.2) is 0 Å². The Morgan fingerprint density at radius 3 is 1.74 bits per heavy atom. The monoisotopic (exact) mass is 588 g/mol. The van der Waals surface area contributed by atoms with Crippen molar-refractivity contribution in [3.8, 4) is 0 Å². The number of halogens is 9. The number of hydrogen-bond donors (Lipinski definition) is 1. The molecule has 38 heavy (non-hydrogen) atoms. The van der Waals surface area contributed by atoms with E-state index in [4.69, 9.17) is 4.74 Å². The van der Waals surface area contributed by atoms with E-state index in [9.17, 15) is 49.4 Å². The van der Waals surface area contributed by atoms with Gasteiger partial charge in [-0.05, 0) is 62.7 Å². The average Bonchev–Trinajstić information content (AvgIpc) is 3.29. The maximum absolute atomic E-state index is 13.2. The van der Waals surface area contributed by atoms with Gasteiger partial charge in [0.2, 0.25) is 0 Å². The van der Waals surface area contributed by atoms with E-state index in [-0.39, 0.29) is 25.2 Å².